The number of nitrogens with zero attached hydrogens (tertiary/aromatic N) is 2. The third kappa shape index (κ3) is 2.89. The summed E-state index contributed by atoms with van der Waals surface area (Å²) in [7, 11) is -3.16. The number of hydrogen-bond donors (Lipinski definition) is 2. The summed E-state index contributed by atoms with van der Waals surface area (Å²) in [6, 6.07) is 4.05. The number of non-ortho nitro benzene ring substituents is 1. The highest BCUT2D eigenvalue weighted by Crippen LogP contribution is 2.25. The number of H-pyrrole nitrogens is 1. The number of rotatable bonds is 3. The second kappa shape index (κ2) is 5.01. The molecule has 0 radical (unpaired) electrons. The molecule has 1 fully saturated rings. The molecule has 1 aliphatic heterocycles. The minimum Gasteiger partial charge on any atom is -0.344 e. The van der Waals surface area contributed by atoms with Crippen LogP contribution >= 0.6 is 0 Å². The molecule has 1 unspecified atom stereocenters. The number of amides is 1. The van der Waals surface area contributed by atoms with Gasteiger partial charge in [-0.05, 0) is 19.4 Å². The Kier molecular flexibility index (Phi) is 3.36. The molecule has 122 valence electrons. The van der Waals surface area contributed by atoms with Crippen LogP contribution in [0.4, 0.5) is 5.69 Å². The van der Waals surface area contributed by atoms with Crippen molar-refractivity contribution in [1.29, 1.82) is 0 Å². The van der Waals surface area contributed by atoms with E-state index in [0.29, 0.717) is 17.3 Å². The van der Waals surface area contributed by atoms with Gasteiger partial charge in [0.2, 0.25) is 0 Å². The van der Waals surface area contributed by atoms with E-state index < -0.39 is 26.2 Å². The van der Waals surface area contributed by atoms with Crippen LogP contribution in [0.3, 0.4) is 0 Å². The van der Waals surface area contributed by atoms with Crippen molar-refractivity contribution in [3.8, 4) is 0 Å². The van der Waals surface area contributed by atoms with E-state index in [2.05, 4.69) is 15.5 Å². The predicted molar refractivity (Wildman–Crippen MR) is 81.9 cm³/mol. The molecule has 1 saturated heterocycles. The van der Waals surface area contributed by atoms with E-state index in [4.69, 9.17) is 0 Å². The van der Waals surface area contributed by atoms with Gasteiger partial charge in [0.05, 0.1) is 27.5 Å². The largest absolute Gasteiger partial charge is 0.344 e. The van der Waals surface area contributed by atoms with Crippen molar-refractivity contribution in [3.63, 3.8) is 0 Å². The Morgan fingerprint density at radius 3 is 2.83 bits per heavy atom. The molecule has 9 nitrogen and oxygen atoms in total. The van der Waals surface area contributed by atoms with E-state index in [1.54, 1.807) is 6.92 Å². The van der Waals surface area contributed by atoms with Gasteiger partial charge < -0.3 is 5.32 Å². The van der Waals surface area contributed by atoms with Gasteiger partial charge in [0.1, 0.15) is 0 Å². The molecule has 2 aromatic rings. The Bertz CT molecular complexity index is 920. The molecule has 0 aliphatic carbocycles. The van der Waals surface area contributed by atoms with Gasteiger partial charge in [0.25, 0.3) is 11.6 Å². The van der Waals surface area contributed by atoms with Crippen molar-refractivity contribution in [2.75, 3.05) is 11.5 Å². The van der Waals surface area contributed by atoms with E-state index in [1.165, 1.54) is 18.2 Å². The van der Waals surface area contributed by atoms with Crippen LogP contribution < -0.4 is 5.32 Å². The molecule has 0 spiro atoms. The highest BCUT2D eigenvalue weighted by atomic mass is 32.2. The number of carbonyl (C=O) groups excluding carboxylic acids is 1. The molecular weight excluding hydrogens is 324 g/mol. The lowest BCUT2D eigenvalue weighted by atomic mass is 10.0. The number of carbonyl (C=O) groups is 1. The monoisotopic (exact) mass is 338 g/mol. The zero-order chi connectivity index (χ0) is 16.8. The molecule has 1 aliphatic rings. The van der Waals surface area contributed by atoms with Crippen LogP contribution in [-0.2, 0) is 9.84 Å². The third-order valence-corrected chi connectivity index (χ3v) is 5.79. The average Bonchev–Trinajstić information content (AvgIpc) is 2.98. The first kappa shape index (κ1) is 15.4. The zero-order valence-electron chi connectivity index (χ0n) is 12.2. The summed E-state index contributed by atoms with van der Waals surface area (Å²) in [5.41, 5.74) is -0.510. The van der Waals surface area contributed by atoms with E-state index in [9.17, 15) is 23.3 Å². The molecule has 1 aromatic carbocycles. The molecule has 2 heterocycles. The maximum atomic E-state index is 12.4. The van der Waals surface area contributed by atoms with Gasteiger partial charge in [0.15, 0.2) is 15.5 Å². The van der Waals surface area contributed by atoms with Gasteiger partial charge in [-0.2, -0.15) is 5.10 Å². The molecule has 1 atom stereocenters. The summed E-state index contributed by atoms with van der Waals surface area (Å²) in [4.78, 5) is 22.7. The maximum absolute atomic E-state index is 12.4. The summed E-state index contributed by atoms with van der Waals surface area (Å²) in [5, 5.41) is 20.4. The number of hydrogen-bond acceptors (Lipinski definition) is 6. The number of nitro groups is 1. The van der Waals surface area contributed by atoms with Crippen molar-refractivity contribution in [2.24, 2.45) is 0 Å². The van der Waals surface area contributed by atoms with Crippen LogP contribution in [0.1, 0.15) is 23.8 Å². The van der Waals surface area contributed by atoms with E-state index in [0.717, 1.165) is 0 Å². The fourth-order valence-corrected chi connectivity index (χ4v) is 4.82. The van der Waals surface area contributed by atoms with Crippen molar-refractivity contribution in [1.82, 2.24) is 15.5 Å². The number of nitrogens with one attached hydrogen (secondary N) is 2. The van der Waals surface area contributed by atoms with Gasteiger partial charge in [-0.25, -0.2) is 8.42 Å². The van der Waals surface area contributed by atoms with Crippen LogP contribution in [0.15, 0.2) is 18.2 Å². The lowest BCUT2D eigenvalue weighted by Crippen LogP contribution is -2.47. The summed E-state index contributed by atoms with van der Waals surface area (Å²) >= 11 is 0. The minimum atomic E-state index is -3.16. The summed E-state index contributed by atoms with van der Waals surface area (Å²) in [5.74, 6) is -0.665. The van der Waals surface area contributed by atoms with E-state index >= 15 is 0 Å². The molecule has 0 saturated carbocycles. The molecule has 2 N–H and O–H groups in total. The predicted octanol–water partition coefficient (Wildman–Crippen LogP) is 0.778. The quantitative estimate of drug-likeness (QED) is 0.627. The van der Waals surface area contributed by atoms with Crippen molar-refractivity contribution < 1.29 is 18.1 Å². The lowest BCUT2D eigenvalue weighted by Gasteiger charge is -2.23. The Balaban J connectivity index is 1.92. The van der Waals surface area contributed by atoms with Crippen molar-refractivity contribution in [2.45, 2.75) is 18.9 Å². The first-order valence-corrected chi connectivity index (χ1v) is 8.67. The second-order valence-corrected chi connectivity index (χ2v) is 8.10. The fourth-order valence-electron chi connectivity index (χ4n) is 2.73. The SMILES string of the molecule is CC1(NC(=O)c2n[nH]c3ccc([N+](=O)[O-])cc23)CCS(=O)(=O)C1. The van der Waals surface area contributed by atoms with Gasteiger partial charge in [-0.1, -0.05) is 0 Å². The zero-order valence-corrected chi connectivity index (χ0v) is 13.0. The van der Waals surface area contributed by atoms with Crippen LogP contribution in [0.5, 0.6) is 0 Å². The molecule has 1 amide bonds. The number of benzene rings is 1. The highest BCUT2D eigenvalue weighted by Gasteiger charge is 2.40. The topological polar surface area (TPSA) is 135 Å². The third-order valence-electron chi connectivity index (χ3n) is 3.89. The van der Waals surface area contributed by atoms with Crippen LogP contribution in [-0.4, -0.2) is 46.5 Å². The van der Waals surface area contributed by atoms with Crippen molar-refractivity contribution in [3.05, 3.63) is 34.0 Å². The van der Waals surface area contributed by atoms with Gasteiger partial charge >= 0.3 is 0 Å². The first-order valence-electron chi connectivity index (χ1n) is 6.85. The summed E-state index contributed by atoms with van der Waals surface area (Å²) < 4.78 is 23.2. The number of nitro benzene ring substituents is 1. The molecule has 3 rings (SSSR count). The second-order valence-electron chi connectivity index (χ2n) is 5.92. The fraction of sp³-hybridized carbons (Fsp3) is 0.385. The van der Waals surface area contributed by atoms with Crippen LogP contribution in [0.2, 0.25) is 0 Å². The van der Waals surface area contributed by atoms with Crippen LogP contribution in [0.25, 0.3) is 10.9 Å². The molecule has 1 aromatic heterocycles. The molecule has 23 heavy (non-hydrogen) atoms. The summed E-state index contributed by atoms with van der Waals surface area (Å²) in [6.07, 6.45) is 0.323. The minimum absolute atomic E-state index is 0.00854. The molecule has 0 bridgehead atoms. The van der Waals surface area contributed by atoms with Gasteiger partial charge in [-0.3, -0.25) is 20.0 Å². The van der Waals surface area contributed by atoms with Gasteiger partial charge in [-0.15, -0.1) is 0 Å². The van der Waals surface area contributed by atoms with Crippen molar-refractivity contribution >= 4 is 32.3 Å². The Labute approximate surface area is 131 Å². The Morgan fingerprint density at radius 2 is 2.22 bits per heavy atom. The number of sulfone groups is 1. The normalized spacial score (nSPS) is 23.0. The van der Waals surface area contributed by atoms with Crippen LogP contribution in [0, 0.1) is 10.1 Å². The number of aromatic nitrogens is 2. The standard InChI is InChI=1S/C13H14N4O5S/c1-13(4-5-23(21,22)7-13)14-12(18)11-9-6-8(17(19)20)2-3-10(9)15-16-11/h2-3,6H,4-5,7H2,1H3,(H,14,18)(H,15,16). The number of fused-ring (bicyclic) bond motifs is 1. The average molecular weight is 338 g/mol. The van der Waals surface area contributed by atoms with Gasteiger partial charge in [0, 0.05) is 17.5 Å². The highest BCUT2D eigenvalue weighted by molar-refractivity contribution is 7.91. The lowest BCUT2D eigenvalue weighted by molar-refractivity contribution is -0.384. The molecule has 10 heteroatoms. The molecular formula is C13H14N4O5S. The summed E-state index contributed by atoms with van der Waals surface area (Å²) in [6.45, 7) is 1.66. The smallest absolute Gasteiger partial charge is 0.272 e. The Hall–Kier alpha value is -2.49. The maximum Gasteiger partial charge on any atom is 0.272 e. The first-order chi connectivity index (χ1) is 10.7. The van der Waals surface area contributed by atoms with E-state index in [1.807, 2.05) is 0 Å². The number of aromatic amines is 1. The Morgan fingerprint density at radius 1 is 1.48 bits per heavy atom. The van der Waals surface area contributed by atoms with E-state index in [-0.39, 0.29) is 22.9 Å².